The molecule has 0 aliphatic carbocycles. The number of azo groups is 1. The Bertz CT molecular complexity index is 2520. The number of hydrogen-bond acceptors (Lipinski definition) is 19. The van der Waals surface area contributed by atoms with Crippen molar-refractivity contribution in [1.82, 2.24) is 15.0 Å². The van der Waals surface area contributed by atoms with E-state index in [2.05, 4.69) is 35.6 Å². The van der Waals surface area contributed by atoms with Crippen LogP contribution in [-0.2, 0) is 50.1 Å². The first kappa shape index (κ1) is 45.1. The van der Waals surface area contributed by atoms with Crippen LogP contribution in [0.25, 0.3) is 0 Å². The van der Waals surface area contributed by atoms with Gasteiger partial charge in [0.2, 0.25) is 12.0 Å². The maximum atomic E-state index is 13.4. The Morgan fingerprint density at radius 2 is 1.36 bits per heavy atom. The third-order valence-electron chi connectivity index (χ3n) is 6.56. The second kappa shape index (κ2) is 17.9. The minimum Gasteiger partial charge on any atom is -0.477 e. The summed E-state index contributed by atoms with van der Waals surface area (Å²) in [5, 5.41) is 22.9. The normalized spacial score (nSPS) is 15.4. The molecule has 0 spiro atoms. The Kier molecular flexibility index (Phi) is 14.4. The van der Waals surface area contributed by atoms with Gasteiger partial charge < -0.3 is 10.4 Å². The molecule has 3 aromatic rings. The lowest BCUT2D eigenvalue weighted by molar-refractivity contribution is -0.130. The van der Waals surface area contributed by atoms with Crippen molar-refractivity contribution in [2.75, 3.05) is 33.3 Å². The molecule has 1 amide bonds. The molecule has 304 valence electrons. The number of amides is 1. The van der Waals surface area contributed by atoms with E-state index in [1.165, 1.54) is 0 Å². The molecule has 31 heteroatoms. The summed E-state index contributed by atoms with van der Waals surface area (Å²) < 4.78 is 129. The first-order chi connectivity index (χ1) is 25.8. The number of nitrogens with zero attached hydrogens (tertiary/aromatic N) is 7. The molecule has 0 bridgehead atoms. The molecule has 2 aromatic carbocycles. The fraction of sp³-hybridized carbons (Fsp3) is 0.280. The van der Waals surface area contributed by atoms with E-state index in [1.54, 1.807) is 0 Å². The van der Waals surface area contributed by atoms with Gasteiger partial charge in [0.05, 0.1) is 27.2 Å². The highest BCUT2D eigenvalue weighted by molar-refractivity contribution is 7.99. The second-order valence-corrected chi connectivity index (χ2v) is 19.6. The van der Waals surface area contributed by atoms with Gasteiger partial charge in [0.25, 0.3) is 46.4 Å². The van der Waals surface area contributed by atoms with Gasteiger partial charge in [-0.05, 0) is 43.2 Å². The maximum Gasteiger partial charge on any atom is 0.355 e. The highest BCUT2D eigenvalue weighted by atomic mass is 35.5. The van der Waals surface area contributed by atoms with Crippen LogP contribution < -0.4 is 10.3 Å². The Morgan fingerprint density at radius 1 is 0.804 bits per heavy atom. The summed E-state index contributed by atoms with van der Waals surface area (Å²) in [4.78, 5) is 36.3. The zero-order valence-corrected chi connectivity index (χ0v) is 33.8. The van der Waals surface area contributed by atoms with Crippen LogP contribution in [0.5, 0.6) is 0 Å². The molecular weight excluding hydrogens is 916 g/mol. The van der Waals surface area contributed by atoms with Crippen molar-refractivity contribution in [3.05, 3.63) is 40.4 Å². The number of aliphatic carboxylic acids is 1. The van der Waals surface area contributed by atoms with Gasteiger partial charge in [-0.3, -0.25) is 23.0 Å². The number of carbonyl (C=O) groups excluding carboxylic acids is 1. The smallest absolute Gasteiger partial charge is 0.355 e. The molecule has 1 aliphatic rings. The van der Waals surface area contributed by atoms with Crippen LogP contribution in [0.4, 0.5) is 23.0 Å². The van der Waals surface area contributed by atoms with Gasteiger partial charge in [-0.2, -0.15) is 69.0 Å². The van der Waals surface area contributed by atoms with Gasteiger partial charge >= 0.3 is 5.97 Å². The van der Waals surface area contributed by atoms with Crippen LogP contribution in [0.15, 0.2) is 65.8 Å². The van der Waals surface area contributed by atoms with E-state index in [4.69, 9.17) is 32.3 Å². The number of benzene rings is 2. The van der Waals surface area contributed by atoms with Gasteiger partial charge in [0.1, 0.15) is 15.5 Å². The van der Waals surface area contributed by atoms with E-state index >= 15 is 0 Å². The van der Waals surface area contributed by atoms with Gasteiger partial charge in [-0.25, -0.2) is 4.79 Å². The zero-order chi connectivity index (χ0) is 41.8. The second-order valence-electron chi connectivity index (χ2n) is 10.8. The van der Waals surface area contributed by atoms with Crippen LogP contribution >= 0.6 is 46.7 Å². The number of carboxylic acids is 1. The quantitative estimate of drug-likeness (QED) is 0.0462. The predicted octanol–water partition coefficient (Wildman–Crippen LogP) is 3.10. The number of thioether (sulfide) groups is 2. The number of carboxylic acid groups (broad SMARTS) is 1. The van der Waals surface area contributed by atoms with Crippen molar-refractivity contribution in [3.63, 3.8) is 0 Å². The fourth-order valence-electron chi connectivity index (χ4n) is 4.23. The lowest BCUT2D eigenvalue weighted by Crippen LogP contribution is -2.33. The number of aromatic nitrogens is 3. The fourth-order valence-corrected chi connectivity index (χ4v) is 9.16. The van der Waals surface area contributed by atoms with Crippen molar-refractivity contribution in [1.29, 1.82) is 0 Å². The van der Waals surface area contributed by atoms with Crippen molar-refractivity contribution in [2.24, 2.45) is 15.3 Å². The highest BCUT2D eigenvalue weighted by Gasteiger charge is 2.42. The summed E-state index contributed by atoms with van der Waals surface area (Å²) in [5.41, 5.74) is -2.07. The van der Waals surface area contributed by atoms with E-state index in [0.717, 1.165) is 47.8 Å². The number of anilines is 3. The summed E-state index contributed by atoms with van der Waals surface area (Å²) in [7, 11) is -18.4. The highest BCUT2D eigenvalue weighted by Crippen LogP contribution is 2.37. The third kappa shape index (κ3) is 12.7. The molecular formula is C25H24Cl2N8O15S6. The number of carbonyl (C=O) groups is 2. The van der Waals surface area contributed by atoms with Crippen LogP contribution in [0.1, 0.15) is 12.8 Å². The lowest BCUT2D eigenvalue weighted by Gasteiger charge is -2.15. The number of halogens is 2. The van der Waals surface area contributed by atoms with Crippen molar-refractivity contribution >= 4 is 128 Å². The summed E-state index contributed by atoms with van der Waals surface area (Å²) in [6.07, 6.45) is -0.00614. The molecule has 1 aromatic heterocycles. The number of rotatable bonds is 18. The average Bonchev–Trinajstić information content (AvgIpc) is 3.39. The third-order valence-corrected chi connectivity index (χ3v) is 12.6. The molecule has 0 fully saturated rings. The van der Waals surface area contributed by atoms with Crippen LogP contribution in [-0.4, -0.2) is 119 Å². The molecule has 56 heavy (non-hydrogen) atoms. The maximum absolute atomic E-state index is 13.4. The monoisotopic (exact) mass is 938 g/mol. The first-order valence-electron chi connectivity index (χ1n) is 14.7. The van der Waals surface area contributed by atoms with Crippen LogP contribution in [0, 0.1) is 0 Å². The van der Waals surface area contributed by atoms with Crippen molar-refractivity contribution in [2.45, 2.75) is 39.0 Å². The SMILES string of the molecule is O=C(O)C1=NN(c2cc(Cl)c(S(=O)(=O)O)cc2Cl)C(=O)C1N=Nc1cc(Nc2nc(SCCCS(=O)(=O)O)nc(SCCCS(=O)(=O)O)n2)ccc1S(=O)(=O)O. The van der Waals surface area contributed by atoms with Gasteiger partial charge in [0, 0.05) is 17.2 Å². The lowest BCUT2D eigenvalue weighted by atomic mass is 10.2. The minimum atomic E-state index is -5.05. The van der Waals surface area contributed by atoms with E-state index < -0.39 is 107 Å². The number of hydrazone groups is 1. The van der Waals surface area contributed by atoms with Gasteiger partial charge in [-0.15, -0.1) is 0 Å². The predicted molar refractivity (Wildman–Crippen MR) is 200 cm³/mol. The largest absolute Gasteiger partial charge is 0.477 e. The summed E-state index contributed by atoms with van der Waals surface area (Å²) >= 11 is 13.9. The average molecular weight is 940 g/mol. The van der Waals surface area contributed by atoms with Crippen LogP contribution in [0.2, 0.25) is 10.0 Å². The van der Waals surface area contributed by atoms with E-state index in [-0.39, 0.29) is 46.3 Å². The Labute approximate surface area is 335 Å². The molecule has 2 heterocycles. The standard InChI is InChI=1S/C25H24Cl2N8O15S6/c26-13-11-18(56(48,49)50)14(27)10-16(13)35-21(36)19(20(34-35)22(37)38)33-32-15-9-12(3-4-17(15)55(45,46)47)28-23-29-24(51-5-1-7-53(39,40)41)31-25(30-23)52-6-2-8-54(42,43)44/h3-4,9-11,19H,1-2,5-8H2,(H,37,38)(H,39,40,41)(H,42,43,44)(H,45,46,47)(H,48,49,50)(H,28,29,30,31). The molecule has 1 unspecified atom stereocenters. The summed E-state index contributed by atoms with van der Waals surface area (Å²) in [6.45, 7) is 0. The van der Waals surface area contributed by atoms with Gasteiger partial charge in [0.15, 0.2) is 16.0 Å². The number of nitrogens with one attached hydrogen (secondary N) is 1. The topological polar surface area (TPSA) is 363 Å². The van der Waals surface area contributed by atoms with E-state index in [9.17, 15) is 57.5 Å². The Balaban J connectivity index is 1.67. The number of hydrogen-bond donors (Lipinski definition) is 6. The molecule has 23 nitrogen and oxygen atoms in total. The molecule has 0 saturated carbocycles. The van der Waals surface area contributed by atoms with Gasteiger partial charge in [-0.1, -0.05) is 46.7 Å². The Hall–Kier alpha value is -3.62. The molecule has 4 rings (SSSR count). The van der Waals surface area contributed by atoms with E-state index in [1.807, 2.05) is 0 Å². The minimum absolute atomic E-state index is 0.00307. The molecule has 0 saturated heterocycles. The molecule has 1 atom stereocenters. The summed E-state index contributed by atoms with van der Waals surface area (Å²) in [6, 6.07) is 2.36. The van der Waals surface area contributed by atoms with E-state index in [0.29, 0.717) is 11.1 Å². The van der Waals surface area contributed by atoms with Crippen molar-refractivity contribution in [3.8, 4) is 0 Å². The van der Waals surface area contributed by atoms with Crippen LogP contribution in [0.3, 0.4) is 0 Å². The molecule has 1 aliphatic heterocycles. The molecule has 6 N–H and O–H groups in total. The van der Waals surface area contributed by atoms with Crippen molar-refractivity contribution < 1.29 is 66.6 Å². The first-order valence-corrected chi connectivity index (χ1v) is 23.5. The summed E-state index contributed by atoms with van der Waals surface area (Å²) in [5.74, 6) is -4.12. The molecule has 0 radical (unpaired) electrons. The zero-order valence-electron chi connectivity index (χ0n) is 27.4. The Morgan fingerprint density at radius 3 is 1.86 bits per heavy atom.